The van der Waals surface area contributed by atoms with Crippen molar-refractivity contribution >= 4 is 17.5 Å². The molecular formula is C14H13F3N4O. The Labute approximate surface area is 124 Å². The summed E-state index contributed by atoms with van der Waals surface area (Å²) in [6.07, 6.45) is -3.57. The van der Waals surface area contributed by atoms with Crippen LogP contribution in [0.4, 0.5) is 24.8 Å². The maximum absolute atomic E-state index is 12.6. The number of amides is 1. The monoisotopic (exact) mass is 310 g/mol. The molecule has 116 valence electrons. The molecule has 2 N–H and O–H groups in total. The van der Waals surface area contributed by atoms with Crippen molar-refractivity contribution in [2.45, 2.75) is 19.1 Å². The Morgan fingerprint density at radius 2 is 1.86 bits per heavy atom. The van der Waals surface area contributed by atoms with Gasteiger partial charge in [-0.3, -0.25) is 4.79 Å². The lowest BCUT2D eigenvalue weighted by Gasteiger charge is -2.14. The Bertz CT molecular complexity index is 646. The Morgan fingerprint density at radius 1 is 1.18 bits per heavy atom. The fourth-order valence-corrected chi connectivity index (χ4v) is 1.62. The number of nitrogens with zero attached hydrogens (tertiary/aromatic N) is 2. The maximum atomic E-state index is 12.6. The van der Waals surface area contributed by atoms with Crippen molar-refractivity contribution in [2.75, 3.05) is 10.6 Å². The molecule has 0 aliphatic rings. The molecule has 22 heavy (non-hydrogen) atoms. The SMILES string of the molecule is CC(Nc1nccc(C(F)(F)F)n1)C(=O)Nc1ccccc1. The summed E-state index contributed by atoms with van der Waals surface area (Å²) in [6, 6.07) is 8.67. The summed E-state index contributed by atoms with van der Waals surface area (Å²) in [7, 11) is 0. The van der Waals surface area contributed by atoms with Crippen LogP contribution in [0.3, 0.4) is 0 Å². The van der Waals surface area contributed by atoms with E-state index < -0.39 is 23.8 Å². The molecule has 1 aromatic heterocycles. The van der Waals surface area contributed by atoms with E-state index in [0.717, 1.165) is 12.3 Å². The summed E-state index contributed by atoms with van der Waals surface area (Å²) in [5.41, 5.74) is -0.480. The van der Waals surface area contributed by atoms with Crippen LogP contribution >= 0.6 is 0 Å². The molecule has 0 radical (unpaired) electrons. The first-order valence-electron chi connectivity index (χ1n) is 6.39. The molecule has 0 saturated carbocycles. The predicted molar refractivity (Wildman–Crippen MR) is 75.2 cm³/mol. The van der Waals surface area contributed by atoms with E-state index in [0.29, 0.717) is 5.69 Å². The molecule has 8 heteroatoms. The highest BCUT2D eigenvalue weighted by molar-refractivity contribution is 5.95. The van der Waals surface area contributed by atoms with E-state index in [-0.39, 0.29) is 5.95 Å². The van der Waals surface area contributed by atoms with Crippen molar-refractivity contribution in [3.8, 4) is 0 Å². The second-order valence-corrected chi connectivity index (χ2v) is 4.48. The molecule has 1 unspecified atom stereocenters. The minimum absolute atomic E-state index is 0.259. The number of aromatic nitrogens is 2. The third kappa shape index (κ3) is 4.18. The average Bonchev–Trinajstić information content (AvgIpc) is 2.47. The van der Waals surface area contributed by atoms with Gasteiger partial charge in [-0.25, -0.2) is 9.97 Å². The summed E-state index contributed by atoms with van der Waals surface area (Å²) < 4.78 is 37.7. The molecule has 0 aliphatic carbocycles. The Hall–Kier alpha value is -2.64. The minimum Gasteiger partial charge on any atom is -0.343 e. The lowest BCUT2D eigenvalue weighted by atomic mass is 10.2. The number of para-hydroxylation sites is 1. The van der Waals surface area contributed by atoms with Crippen LogP contribution in [0.15, 0.2) is 42.6 Å². The zero-order valence-corrected chi connectivity index (χ0v) is 11.6. The van der Waals surface area contributed by atoms with E-state index >= 15 is 0 Å². The number of hydrogen-bond acceptors (Lipinski definition) is 4. The molecule has 1 heterocycles. The summed E-state index contributed by atoms with van der Waals surface area (Å²) in [4.78, 5) is 19.0. The van der Waals surface area contributed by atoms with Crippen molar-refractivity contribution in [3.05, 3.63) is 48.3 Å². The molecule has 0 bridgehead atoms. The minimum atomic E-state index is -4.56. The molecule has 0 aliphatic heterocycles. The van der Waals surface area contributed by atoms with E-state index in [4.69, 9.17) is 0 Å². The van der Waals surface area contributed by atoms with Crippen LogP contribution < -0.4 is 10.6 Å². The maximum Gasteiger partial charge on any atom is 0.433 e. The second kappa shape index (κ2) is 6.42. The zero-order chi connectivity index (χ0) is 16.2. The number of nitrogens with one attached hydrogen (secondary N) is 2. The van der Waals surface area contributed by atoms with Crippen LogP contribution in [0.2, 0.25) is 0 Å². The summed E-state index contributed by atoms with van der Waals surface area (Å²) in [5.74, 6) is -0.669. The Morgan fingerprint density at radius 3 is 2.50 bits per heavy atom. The van der Waals surface area contributed by atoms with E-state index in [9.17, 15) is 18.0 Å². The fraction of sp³-hybridized carbons (Fsp3) is 0.214. The lowest BCUT2D eigenvalue weighted by Crippen LogP contribution is -2.32. The Kier molecular flexibility index (Phi) is 4.59. The predicted octanol–water partition coefficient (Wildman–Crippen LogP) is 2.93. The van der Waals surface area contributed by atoms with Crippen LogP contribution in [-0.4, -0.2) is 21.9 Å². The van der Waals surface area contributed by atoms with Gasteiger partial charge in [0.1, 0.15) is 11.7 Å². The van der Waals surface area contributed by atoms with E-state index in [1.54, 1.807) is 30.3 Å². The van der Waals surface area contributed by atoms with E-state index in [1.165, 1.54) is 6.92 Å². The second-order valence-electron chi connectivity index (χ2n) is 4.48. The average molecular weight is 310 g/mol. The van der Waals surface area contributed by atoms with Gasteiger partial charge >= 0.3 is 6.18 Å². The fourth-order valence-electron chi connectivity index (χ4n) is 1.62. The molecular weight excluding hydrogens is 297 g/mol. The number of alkyl halides is 3. The number of benzene rings is 1. The van der Waals surface area contributed by atoms with Crippen LogP contribution in [-0.2, 0) is 11.0 Å². The number of hydrogen-bond donors (Lipinski definition) is 2. The van der Waals surface area contributed by atoms with Gasteiger partial charge in [0, 0.05) is 11.9 Å². The highest BCUT2D eigenvalue weighted by atomic mass is 19.4. The summed E-state index contributed by atoms with van der Waals surface area (Å²) in [6.45, 7) is 1.50. The van der Waals surface area contributed by atoms with E-state index in [1.807, 2.05) is 0 Å². The van der Waals surface area contributed by atoms with Crippen molar-refractivity contribution in [1.29, 1.82) is 0 Å². The molecule has 1 amide bonds. The lowest BCUT2D eigenvalue weighted by molar-refractivity contribution is -0.141. The van der Waals surface area contributed by atoms with Gasteiger partial charge in [-0.05, 0) is 25.1 Å². The third-order valence-electron chi connectivity index (χ3n) is 2.73. The number of rotatable bonds is 4. The van der Waals surface area contributed by atoms with Crippen LogP contribution in [0, 0.1) is 0 Å². The normalized spacial score (nSPS) is 12.5. The van der Waals surface area contributed by atoms with Gasteiger partial charge in [-0.1, -0.05) is 18.2 Å². The van der Waals surface area contributed by atoms with Crippen LogP contribution in [0.25, 0.3) is 0 Å². The highest BCUT2D eigenvalue weighted by Crippen LogP contribution is 2.27. The quantitative estimate of drug-likeness (QED) is 0.911. The molecule has 0 spiro atoms. The molecule has 1 aromatic carbocycles. The standard InChI is InChI=1S/C14H13F3N4O/c1-9(12(22)20-10-5-3-2-4-6-10)19-13-18-8-7-11(21-13)14(15,16)17/h2-9H,1H3,(H,20,22)(H,18,19,21). The van der Waals surface area contributed by atoms with Gasteiger partial charge in [-0.15, -0.1) is 0 Å². The molecule has 2 aromatic rings. The van der Waals surface area contributed by atoms with Crippen molar-refractivity contribution in [1.82, 2.24) is 9.97 Å². The number of carbonyl (C=O) groups excluding carboxylic acids is 1. The van der Waals surface area contributed by atoms with Gasteiger partial charge in [0.05, 0.1) is 0 Å². The zero-order valence-electron chi connectivity index (χ0n) is 11.6. The first-order valence-corrected chi connectivity index (χ1v) is 6.39. The number of anilines is 2. The van der Waals surface area contributed by atoms with Gasteiger partial charge in [0.2, 0.25) is 11.9 Å². The highest BCUT2D eigenvalue weighted by Gasteiger charge is 2.33. The largest absolute Gasteiger partial charge is 0.433 e. The van der Waals surface area contributed by atoms with Crippen molar-refractivity contribution < 1.29 is 18.0 Å². The first-order chi connectivity index (χ1) is 10.4. The smallest absolute Gasteiger partial charge is 0.343 e. The van der Waals surface area contributed by atoms with Crippen molar-refractivity contribution in [3.63, 3.8) is 0 Å². The molecule has 2 rings (SSSR count). The Balaban J connectivity index is 2.02. The molecule has 5 nitrogen and oxygen atoms in total. The topological polar surface area (TPSA) is 66.9 Å². The van der Waals surface area contributed by atoms with Crippen molar-refractivity contribution in [2.24, 2.45) is 0 Å². The van der Waals surface area contributed by atoms with E-state index in [2.05, 4.69) is 20.6 Å². The summed E-state index contributed by atoms with van der Waals surface area (Å²) in [5, 5.41) is 5.17. The molecule has 0 saturated heterocycles. The molecule has 0 fully saturated rings. The molecule has 1 atom stereocenters. The summed E-state index contributed by atoms with van der Waals surface area (Å²) >= 11 is 0. The number of carbonyl (C=O) groups is 1. The van der Waals surface area contributed by atoms with Gasteiger partial charge in [0.15, 0.2) is 0 Å². The van der Waals surface area contributed by atoms with Gasteiger partial charge in [-0.2, -0.15) is 13.2 Å². The first kappa shape index (κ1) is 15.7. The van der Waals surface area contributed by atoms with Gasteiger partial charge in [0.25, 0.3) is 0 Å². The third-order valence-corrected chi connectivity index (χ3v) is 2.73. The van der Waals surface area contributed by atoms with Crippen LogP contribution in [0.5, 0.6) is 0 Å². The number of halogens is 3. The van der Waals surface area contributed by atoms with Gasteiger partial charge < -0.3 is 10.6 Å². The van der Waals surface area contributed by atoms with Crippen LogP contribution in [0.1, 0.15) is 12.6 Å².